The number of hydrogen-bond acceptors (Lipinski definition) is 6. The zero-order valence-electron chi connectivity index (χ0n) is 16.2. The number of quaternary nitrogens is 1. The molecule has 1 amide bonds. The zero-order valence-corrected chi connectivity index (χ0v) is 16.2. The van der Waals surface area contributed by atoms with Crippen LogP contribution in [-0.4, -0.2) is 86.8 Å². The molecule has 158 valence electrons. The molecule has 7 N–H and O–H groups in total. The Bertz CT molecular complexity index is 592. The molecule has 0 aromatic heterocycles. The van der Waals surface area contributed by atoms with E-state index in [2.05, 4.69) is 31.6 Å². The van der Waals surface area contributed by atoms with E-state index in [-0.39, 0.29) is 31.2 Å². The molecule has 0 aromatic rings. The van der Waals surface area contributed by atoms with Crippen molar-refractivity contribution in [3.8, 4) is 0 Å². The number of nitrogens with zero attached hydrogens (tertiary/aromatic N) is 2. The van der Waals surface area contributed by atoms with E-state index in [1.165, 1.54) is 12.8 Å². The molecule has 28 heavy (non-hydrogen) atoms. The van der Waals surface area contributed by atoms with E-state index in [4.69, 9.17) is 5.73 Å². The first-order valence-corrected chi connectivity index (χ1v) is 10.8. The van der Waals surface area contributed by atoms with E-state index in [1.54, 1.807) is 0 Å². The van der Waals surface area contributed by atoms with Gasteiger partial charge in [0.1, 0.15) is 18.6 Å². The number of alkyl halides is 1. The second-order valence-corrected chi connectivity index (χ2v) is 8.97. The Morgan fingerprint density at radius 2 is 2.07 bits per heavy atom. The normalized spacial score (nSPS) is 47.1. The lowest BCUT2D eigenvalue weighted by Crippen LogP contribution is -3.15. The molecule has 5 aliphatic rings. The standard InChI is InChI=1S/C18H33FN8O/c19-11-7-23-17-14(15(20)25-27(17)9-11)18(28)24-12-8-21-4-3-13(12)26-6-5-22-16(26)10-1-2-10/h10-17,21-23,27H,1-9,20H2,(H,24,28). The summed E-state index contributed by atoms with van der Waals surface area (Å²) >= 11 is 0. The number of fused-ring (bicyclic) bond motifs is 1. The van der Waals surface area contributed by atoms with Gasteiger partial charge in [0, 0.05) is 32.2 Å². The predicted octanol–water partition coefficient (Wildman–Crippen LogP) is -3.17. The third-order valence-corrected chi connectivity index (χ3v) is 7.04. The second kappa shape index (κ2) is 7.75. The van der Waals surface area contributed by atoms with Crippen LogP contribution in [0, 0.1) is 11.8 Å². The number of hydrogen-bond donors (Lipinski definition) is 6. The van der Waals surface area contributed by atoms with E-state index in [1.807, 2.05) is 0 Å². The lowest BCUT2D eigenvalue weighted by molar-refractivity contribution is -0.891. The van der Waals surface area contributed by atoms with Crippen LogP contribution >= 0.6 is 0 Å². The third kappa shape index (κ3) is 3.55. The van der Waals surface area contributed by atoms with Gasteiger partial charge in [-0.1, -0.05) is 0 Å². The van der Waals surface area contributed by atoms with Crippen LogP contribution < -0.4 is 32.0 Å². The number of carbonyl (C=O) groups excluding carboxylic acids is 1. The van der Waals surface area contributed by atoms with E-state index in [0.717, 1.165) is 38.5 Å². The van der Waals surface area contributed by atoms with Crippen molar-refractivity contribution in [1.82, 2.24) is 26.2 Å². The number of nitrogens with two attached hydrogens (primary N) is 1. The Kier molecular flexibility index (Phi) is 5.29. The molecule has 1 aliphatic carbocycles. The number of piperidine rings is 1. The largest absolute Gasteiger partial charge is 0.436 e. The van der Waals surface area contributed by atoms with Crippen LogP contribution in [0.2, 0.25) is 0 Å². The first-order chi connectivity index (χ1) is 13.6. The van der Waals surface area contributed by atoms with Crippen LogP contribution in [0.15, 0.2) is 0 Å². The van der Waals surface area contributed by atoms with Crippen molar-refractivity contribution in [2.24, 2.45) is 17.6 Å². The first-order valence-electron chi connectivity index (χ1n) is 10.8. The highest BCUT2D eigenvalue weighted by atomic mass is 19.1. The van der Waals surface area contributed by atoms with Gasteiger partial charge in [0.05, 0.1) is 12.2 Å². The fraction of sp³-hybridized carbons (Fsp3) is 0.944. The fourth-order valence-corrected chi connectivity index (χ4v) is 5.53. The lowest BCUT2D eigenvalue weighted by Gasteiger charge is -2.42. The van der Waals surface area contributed by atoms with Gasteiger partial charge in [-0.05, 0) is 37.9 Å². The Hall–Kier alpha value is -0.880. The Balaban J connectivity index is 1.26. The molecule has 4 saturated heterocycles. The lowest BCUT2D eigenvalue weighted by atomic mass is 9.95. The van der Waals surface area contributed by atoms with Gasteiger partial charge in [0.25, 0.3) is 0 Å². The molecular weight excluding hydrogens is 363 g/mol. The summed E-state index contributed by atoms with van der Waals surface area (Å²) in [6.45, 7) is 4.35. The van der Waals surface area contributed by atoms with Crippen LogP contribution in [0.25, 0.3) is 5.43 Å². The summed E-state index contributed by atoms with van der Waals surface area (Å²) in [6, 6.07) is 0.384. The molecule has 8 unspecified atom stereocenters. The van der Waals surface area contributed by atoms with Crippen molar-refractivity contribution < 1.29 is 14.2 Å². The summed E-state index contributed by atoms with van der Waals surface area (Å²) < 4.78 is 13.7. The molecule has 10 heteroatoms. The maximum atomic E-state index is 13.7. The molecule has 4 aliphatic heterocycles. The van der Waals surface area contributed by atoms with Crippen molar-refractivity contribution in [3.63, 3.8) is 0 Å². The summed E-state index contributed by atoms with van der Waals surface area (Å²) in [6.07, 6.45) is 2.31. The van der Waals surface area contributed by atoms with Gasteiger partial charge in [0.15, 0.2) is 6.17 Å². The molecule has 9 nitrogen and oxygen atoms in total. The zero-order chi connectivity index (χ0) is 19.3. The molecule has 0 radical (unpaired) electrons. The molecule has 0 spiro atoms. The molecule has 0 aromatic carbocycles. The van der Waals surface area contributed by atoms with E-state index in [9.17, 15) is 9.18 Å². The molecule has 5 rings (SSSR count). The minimum atomic E-state index is -0.946. The van der Waals surface area contributed by atoms with Crippen molar-refractivity contribution in [2.45, 2.75) is 56.0 Å². The molecule has 0 bridgehead atoms. The second-order valence-electron chi connectivity index (χ2n) is 8.97. The van der Waals surface area contributed by atoms with Crippen molar-refractivity contribution in [1.29, 1.82) is 0 Å². The SMILES string of the molecule is NC1[N-][NH+]2CC(F)CNC2C1C(=O)NC1CNCCC1N1CCNC1C1CC1. The van der Waals surface area contributed by atoms with E-state index < -0.39 is 18.3 Å². The Labute approximate surface area is 165 Å². The topological polar surface area (TPSA) is 113 Å². The molecule has 5 fully saturated rings. The molecule has 4 heterocycles. The monoisotopic (exact) mass is 396 g/mol. The summed E-state index contributed by atoms with van der Waals surface area (Å²) in [5.41, 5.74) is 10.6. The van der Waals surface area contributed by atoms with Gasteiger partial charge in [-0.25, -0.2) is 4.39 Å². The van der Waals surface area contributed by atoms with Crippen molar-refractivity contribution >= 4 is 5.91 Å². The van der Waals surface area contributed by atoms with Gasteiger partial charge in [0.2, 0.25) is 5.91 Å². The fourth-order valence-electron chi connectivity index (χ4n) is 5.53. The molecule has 1 saturated carbocycles. The molecular formula is C18H33FN8O. The smallest absolute Gasteiger partial charge is 0.230 e. The van der Waals surface area contributed by atoms with Crippen LogP contribution in [0.1, 0.15) is 19.3 Å². The summed E-state index contributed by atoms with van der Waals surface area (Å²) in [5.74, 6) is 0.240. The van der Waals surface area contributed by atoms with Crippen molar-refractivity contribution in [3.05, 3.63) is 5.43 Å². The van der Waals surface area contributed by atoms with Crippen LogP contribution in [0.4, 0.5) is 4.39 Å². The third-order valence-electron chi connectivity index (χ3n) is 7.04. The van der Waals surface area contributed by atoms with Crippen molar-refractivity contribution in [2.75, 3.05) is 39.3 Å². The average molecular weight is 397 g/mol. The highest BCUT2D eigenvalue weighted by molar-refractivity contribution is 5.81. The van der Waals surface area contributed by atoms with Crippen LogP contribution in [-0.2, 0) is 4.79 Å². The number of carbonyl (C=O) groups is 1. The number of amides is 1. The number of nitrogens with one attached hydrogen (secondary N) is 5. The highest BCUT2D eigenvalue weighted by Gasteiger charge is 2.47. The predicted molar refractivity (Wildman–Crippen MR) is 102 cm³/mol. The Morgan fingerprint density at radius 3 is 2.89 bits per heavy atom. The average Bonchev–Trinajstić information content (AvgIpc) is 3.31. The minimum Gasteiger partial charge on any atom is -0.436 e. The number of rotatable bonds is 4. The van der Waals surface area contributed by atoms with E-state index >= 15 is 0 Å². The van der Waals surface area contributed by atoms with Gasteiger partial charge in [-0.15, -0.1) is 0 Å². The maximum absolute atomic E-state index is 13.7. The summed E-state index contributed by atoms with van der Waals surface area (Å²) in [4.78, 5) is 15.8. The molecule has 8 atom stereocenters. The summed E-state index contributed by atoms with van der Waals surface area (Å²) in [7, 11) is 0. The van der Waals surface area contributed by atoms with Crippen LogP contribution in [0.3, 0.4) is 0 Å². The first kappa shape index (κ1) is 19.1. The van der Waals surface area contributed by atoms with Gasteiger partial charge >= 0.3 is 0 Å². The maximum Gasteiger partial charge on any atom is 0.230 e. The van der Waals surface area contributed by atoms with Gasteiger partial charge < -0.3 is 32.1 Å². The highest BCUT2D eigenvalue weighted by Crippen LogP contribution is 2.37. The minimum absolute atomic E-state index is 0.0520. The van der Waals surface area contributed by atoms with E-state index in [0.29, 0.717) is 17.2 Å². The summed E-state index contributed by atoms with van der Waals surface area (Å²) in [5, 5.41) is 14.2. The van der Waals surface area contributed by atoms with Gasteiger partial charge in [-0.3, -0.25) is 15.0 Å². The quantitative estimate of drug-likeness (QED) is 0.299. The number of halogens is 1. The Morgan fingerprint density at radius 1 is 1.21 bits per heavy atom. The van der Waals surface area contributed by atoms with Gasteiger partial charge in [-0.2, -0.15) is 0 Å². The van der Waals surface area contributed by atoms with Crippen LogP contribution in [0.5, 0.6) is 0 Å².